The Morgan fingerprint density at radius 3 is 1.57 bits per heavy atom. The standard InChI is InChI=1S/C12H14O2/c1-9(13)7-11-5-3-4-6-12(11)8-10(2)14/h3-6H,7-8H2,1-2H3. The molecule has 0 fully saturated rings. The highest BCUT2D eigenvalue weighted by molar-refractivity contribution is 5.81. The van der Waals surface area contributed by atoms with Gasteiger partial charge in [0.05, 0.1) is 0 Å². The SMILES string of the molecule is CC(=O)Cc1ccccc1CC(C)=O. The maximum absolute atomic E-state index is 11.0. The van der Waals surface area contributed by atoms with E-state index < -0.39 is 0 Å². The Labute approximate surface area is 83.9 Å². The van der Waals surface area contributed by atoms with Crippen LogP contribution in [0, 0.1) is 0 Å². The summed E-state index contributed by atoms with van der Waals surface area (Å²) in [6.07, 6.45) is 0.840. The summed E-state index contributed by atoms with van der Waals surface area (Å²) in [5, 5.41) is 0. The van der Waals surface area contributed by atoms with Gasteiger partial charge in [-0.1, -0.05) is 24.3 Å². The maximum Gasteiger partial charge on any atom is 0.134 e. The predicted molar refractivity (Wildman–Crippen MR) is 55.2 cm³/mol. The lowest BCUT2D eigenvalue weighted by Gasteiger charge is -2.05. The molecule has 2 heteroatoms. The summed E-state index contributed by atoms with van der Waals surface area (Å²) in [4.78, 5) is 21.9. The van der Waals surface area contributed by atoms with Crippen molar-refractivity contribution >= 4 is 11.6 Å². The van der Waals surface area contributed by atoms with Gasteiger partial charge >= 0.3 is 0 Å². The molecule has 0 aliphatic rings. The van der Waals surface area contributed by atoms with Crippen molar-refractivity contribution in [3.8, 4) is 0 Å². The average molecular weight is 190 g/mol. The van der Waals surface area contributed by atoms with Crippen molar-refractivity contribution in [3.63, 3.8) is 0 Å². The van der Waals surface area contributed by atoms with Crippen LogP contribution in [-0.2, 0) is 22.4 Å². The molecule has 0 amide bonds. The molecule has 1 aromatic rings. The van der Waals surface area contributed by atoms with Crippen LogP contribution < -0.4 is 0 Å². The Morgan fingerprint density at radius 1 is 0.929 bits per heavy atom. The van der Waals surface area contributed by atoms with Crippen LogP contribution in [0.1, 0.15) is 25.0 Å². The smallest absolute Gasteiger partial charge is 0.134 e. The van der Waals surface area contributed by atoms with E-state index >= 15 is 0 Å². The van der Waals surface area contributed by atoms with Crippen LogP contribution in [0.5, 0.6) is 0 Å². The van der Waals surface area contributed by atoms with Crippen molar-refractivity contribution in [2.45, 2.75) is 26.7 Å². The molecular formula is C12H14O2. The number of hydrogen-bond acceptors (Lipinski definition) is 2. The summed E-state index contributed by atoms with van der Waals surface area (Å²) in [5.41, 5.74) is 1.94. The summed E-state index contributed by atoms with van der Waals surface area (Å²) in [5.74, 6) is 0.252. The van der Waals surface area contributed by atoms with Crippen molar-refractivity contribution < 1.29 is 9.59 Å². The van der Waals surface area contributed by atoms with Crippen LogP contribution in [0.4, 0.5) is 0 Å². The van der Waals surface area contributed by atoms with Gasteiger partial charge < -0.3 is 0 Å². The summed E-state index contributed by atoms with van der Waals surface area (Å²) in [7, 11) is 0. The number of carbonyl (C=O) groups excluding carboxylic acids is 2. The van der Waals surface area contributed by atoms with Gasteiger partial charge in [-0.2, -0.15) is 0 Å². The molecule has 0 heterocycles. The van der Waals surface area contributed by atoms with Gasteiger partial charge in [0.25, 0.3) is 0 Å². The van der Waals surface area contributed by atoms with Gasteiger partial charge in [-0.15, -0.1) is 0 Å². The van der Waals surface area contributed by atoms with E-state index in [-0.39, 0.29) is 11.6 Å². The minimum atomic E-state index is 0.126. The van der Waals surface area contributed by atoms with Crippen LogP contribution in [0.3, 0.4) is 0 Å². The molecule has 74 valence electrons. The van der Waals surface area contributed by atoms with E-state index in [9.17, 15) is 9.59 Å². The van der Waals surface area contributed by atoms with Crippen LogP contribution in [0.2, 0.25) is 0 Å². The van der Waals surface area contributed by atoms with Crippen LogP contribution in [0.25, 0.3) is 0 Å². The Hall–Kier alpha value is -1.44. The van der Waals surface area contributed by atoms with Crippen LogP contribution >= 0.6 is 0 Å². The van der Waals surface area contributed by atoms with Gasteiger partial charge in [0.1, 0.15) is 11.6 Å². The second-order valence-corrected chi connectivity index (χ2v) is 3.53. The molecule has 0 aliphatic heterocycles. The Morgan fingerprint density at radius 2 is 1.29 bits per heavy atom. The van der Waals surface area contributed by atoms with Crippen LogP contribution in [-0.4, -0.2) is 11.6 Å². The van der Waals surface area contributed by atoms with E-state index in [1.54, 1.807) is 13.8 Å². The zero-order valence-corrected chi connectivity index (χ0v) is 8.54. The van der Waals surface area contributed by atoms with Crippen LogP contribution in [0.15, 0.2) is 24.3 Å². The predicted octanol–water partition coefficient (Wildman–Crippen LogP) is 1.95. The van der Waals surface area contributed by atoms with Crippen molar-refractivity contribution in [1.29, 1.82) is 0 Å². The minimum Gasteiger partial charge on any atom is -0.300 e. The highest BCUT2D eigenvalue weighted by Gasteiger charge is 2.05. The normalized spacial score (nSPS) is 9.86. The first-order valence-electron chi connectivity index (χ1n) is 4.65. The molecule has 0 aromatic heterocycles. The van der Waals surface area contributed by atoms with Crippen molar-refractivity contribution in [2.75, 3.05) is 0 Å². The molecule has 0 radical (unpaired) electrons. The third-order valence-corrected chi connectivity index (χ3v) is 2.00. The van der Waals surface area contributed by atoms with E-state index in [0.29, 0.717) is 12.8 Å². The molecule has 0 N–H and O–H groups in total. The Bertz CT molecular complexity index is 318. The highest BCUT2D eigenvalue weighted by atomic mass is 16.1. The first-order chi connectivity index (χ1) is 6.59. The number of hydrogen-bond donors (Lipinski definition) is 0. The summed E-state index contributed by atoms with van der Waals surface area (Å²) in [6.45, 7) is 3.12. The molecule has 1 rings (SSSR count). The molecule has 0 saturated carbocycles. The van der Waals surface area contributed by atoms with Gasteiger partial charge in [-0.3, -0.25) is 9.59 Å². The van der Waals surface area contributed by atoms with Gasteiger partial charge in [0, 0.05) is 12.8 Å². The molecule has 0 bridgehead atoms. The van der Waals surface area contributed by atoms with Crippen molar-refractivity contribution in [3.05, 3.63) is 35.4 Å². The van der Waals surface area contributed by atoms with E-state index in [1.165, 1.54) is 0 Å². The largest absolute Gasteiger partial charge is 0.300 e. The lowest BCUT2D eigenvalue weighted by atomic mass is 9.99. The summed E-state index contributed by atoms with van der Waals surface area (Å²) < 4.78 is 0. The molecule has 0 atom stereocenters. The second kappa shape index (κ2) is 4.70. The highest BCUT2D eigenvalue weighted by Crippen LogP contribution is 2.10. The maximum atomic E-state index is 11.0. The third kappa shape index (κ3) is 3.13. The zero-order valence-electron chi connectivity index (χ0n) is 8.54. The molecule has 0 aliphatic carbocycles. The number of rotatable bonds is 4. The fourth-order valence-corrected chi connectivity index (χ4v) is 1.44. The van der Waals surface area contributed by atoms with E-state index in [1.807, 2.05) is 24.3 Å². The number of ketones is 2. The Kier molecular flexibility index (Phi) is 3.57. The van der Waals surface area contributed by atoms with Gasteiger partial charge in [0.15, 0.2) is 0 Å². The molecule has 0 saturated heterocycles. The molecular weight excluding hydrogens is 176 g/mol. The Balaban J connectivity index is 2.90. The van der Waals surface area contributed by atoms with E-state index in [4.69, 9.17) is 0 Å². The van der Waals surface area contributed by atoms with Gasteiger partial charge in [0.2, 0.25) is 0 Å². The summed E-state index contributed by atoms with van der Waals surface area (Å²) >= 11 is 0. The van der Waals surface area contributed by atoms with Crippen molar-refractivity contribution in [1.82, 2.24) is 0 Å². The fraction of sp³-hybridized carbons (Fsp3) is 0.333. The zero-order chi connectivity index (χ0) is 10.6. The van der Waals surface area contributed by atoms with Gasteiger partial charge in [-0.05, 0) is 25.0 Å². The second-order valence-electron chi connectivity index (χ2n) is 3.53. The number of carbonyl (C=O) groups is 2. The molecule has 0 spiro atoms. The topological polar surface area (TPSA) is 34.1 Å². The van der Waals surface area contributed by atoms with E-state index in [0.717, 1.165) is 11.1 Å². The quantitative estimate of drug-likeness (QED) is 0.727. The van der Waals surface area contributed by atoms with Crippen molar-refractivity contribution in [2.24, 2.45) is 0 Å². The fourth-order valence-electron chi connectivity index (χ4n) is 1.44. The molecule has 0 unspecified atom stereocenters. The molecule has 1 aromatic carbocycles. The first-order valence-corrected chi connectivity index (χ1v) is 4.65. The van der Waals surface area contributed by atoms with E-state index in [2.05, 4.69) is 0 Å². The molecule has 14 heavy (non-hydrogen) atoms. The number of benzene rings is 1. The van der Waals surface area contributed by atoms with Gasteiger partial charge in [-0.25, -0.2) is 0 Å². The third-order valence-electron chi connectivity index (χ3n) is 2.00. The minimum absolute atomic E-state index is 0.126. The average Bonchev–Trinajstić information content (AvgIpc) is 2.06. The monoisotopic (exact) mass is 190 g/mol. The lowest BCUT2D eigenvalue weighted by molar-refractivity contribution is -0.117. The molecule has 2 nitrogen and oxygen atoms in total. The lowest BCUT2D eigenvalue weighted by Crippen LogP contribution is -2.04. The number of Topliss-reactive ketones (excluding diaryl/α,β-unsaturated/α-hetero) is 2. The summed E-state index contributed by atoms with van der Waals surface area (Å²) in [6, 6.07) is 7.59. The first kappa shape index (κ1) is 10.6.